The number of rotatable bonds is 11. The summed E-state index contributed by atoms with van der Waals surface area (Å²) in [5.41, 5.74) is 9.45. The van der Waals surface area contributed by atoms with E-state index in [1.807, 2.05) is 24.3 Å². The third kappa shape index (κ3) is 5.95. The van der Waals surface area contributed by atoms with Gasteiger partial charge in [0.25, 0.3) is 0 Å². The SMILES string of the molecule is CN(CCCN)CCCNc1nc(Cc2cccc(Br)c2)nc2[nH]c3cc(-c4nnn(C)n4)ccc3c12. The van der Waals surface area contributed by atoms with Crippen LogP contribution in [0.1, 0.15) is 24.2 Å². The molecular formula is C26H31BrN10. The Morgan fingerprint density at radius 2 is 1.97 bits per heavy atom. The van der Waals surface area contributed by atoms with Crippen molar-refractivity contribution in [2.24, 2.45) is 12.8 Å². The summed E-state index contributed by atoms with van der Waals surface area (Å²) in [6.07, 6.45) is 2.64. The quantitative estimate of drug-likeness (QED) is 0.208. The molecular weight excluding hydrogens is 532 g/mol. The highest BCUT2D eigenvalue weighted by Crippen LogP contribution is 2.32. The van der Waals surface area contributed by atoms with Crippen LogP contribution in [0.4, 0.5) is 5.82 Å². The summed E-state index contributed by atoms with van der Waals surface area (Å²) in [6.45, 7) is 3.53. The molecule has 3 heterocycles. The van der Waals surface area contributed by atoms with E-state index in [4.69, 9.17) is 15.7 Å². The van der Waals surface area contributed by atoms with E-state index in [9.17, 15) is 0 Å². The van der Waals surface area contributed by atoms with Gasteiger partial charge in [0.15, 0.2) is 0 Å². The first-order chi connectivity index (χ1) is 18.0. The number of hydrogen-bond acceptors (Lipinski definition) is 8. The van der Waals surface area contributed by atoms with Crippen LogP contribution in [0.15, 0.2) is 46.9 Å². The van der Waals surface area contributed by atoms with Crippen molar-refractivity contribution in [3.8, 4) is 11.4 Å². The maximum absolute atomic E-state index is 5.65. The minimum Gasteiger partial charge on any atom is -0.369 e. The van der Waals surface area contributed by atoms with Crippen molar-refractivity contribution in [3.63, 3.8) is 0 Å². The molecule has 0 saturated carbocycles. The summed E-state index contributed by atoms with van der Waals surface area (Å²) in [5, 5.41) is 18.1. The van der Waals surface area contributed by atoms with Crippen LogP contribution < -0.4 is 11.1 Å². The number of benzene rings is 2. The van der Waals surface area contributed by atoms with E-state index in [1.165, 1.54) is 4.80 Å². The maximum Gasteiger partial charge on any atom is 0.204 e. The van der Waals surface area contributed by atoms with Gasteiger partial charge in [-0.25, -0.2) is 9.97 Å². The van der Waals surface area contributed by atoms with Crippen LogP contribution in [0.2, 0.25) is 0 Å². The molecule has 0 unspecified atom stereocenters. The molecule has 5 rings (SSSR count). The van der Waals surface area contributed by atoms with Gasteiger partial charge in [-0.1, -0.05) is 40.2 Å². The Bertz CT molecular complexity index is 1510. The standard InChI is InChI=1S/C26H31BrN10/c1-36(12-4-10-28)13-5-11-29-25-23-20-9-8-18(24-33-35-37(2)34-24)16-21(20)30-26(23)32-22(31-25)15-17-6-3-7-19(27)14-17/h3,6-9,14,16H,4-5,10-13,15,28H2,1-2H3,(H2,29,30,31,32). The predicted octanol–water partition coefficient (Wildman–Crippen LogP) is 3.74. The van der Waals surface area contributed by atoms with E-state index in [1.54, 1.807) is 7.05 Å². The summed E-state index contributed by atoms with van der Waals surface area (Å²) in [4.78, 5) is 17.2. The van der Waals surface area contributed by atoms with E-state index >= 15 is 0 Å². The number of aromatic amines is 1. The van der Waals surface area contributed by atoms with E-state index < -0.39 is 0 Å². The number of fused-ring (bicyclic) bond motifs is 3. The largest absolute Gasteiger partial charge is 0.369 e. The molecule has 2 aromatic carbocycles. The van der Waals surface area contributed by atoms with Crippen molar-refractivity contribution in [2.75, 3.05) is 38.5 Å². The van der Waals surface area contributed by atoms with Crippen molar-refractivity contribution >= 4 is 43.7 Å². The number of aromatic nitrogens is 7. The van der Waals surface area contributed by atoms with E-state index in [2.05, 4.69) is 71.8 Å². The summed E-state index contributed by atoms with van der Waals surface area (Å²) in [6, 6.07) is 14.4. The molecule has 10 nitrogen and oxygen atoms in total. The normalized spacial score (nSPS) is 11.7. The summed E-state index contributed by atoms with van der Waals surface area (Å²) >= 11 is 3.56. The molecule has 0 bridgehead atoms. The van der Waals surface area contributed by atoms with Crippen molar-refractivity contribution in [3.05, 3.63) is 58.3 Å². The first-order valence-electron chi connectivity index (χ1n) is 12.4. The zero-order chi connectivity index (χ0) is 25.8. The van der Waals surface area contributed by atoms with Crippen molar-refractivity contribution in [2.45, 2.75) is 19.3 Å². The Labute approximate surface area is 223 Å². The van der Waals surface area contributed by atoms with Crippen LogP contribution in [0.25, 0.3) is 33.3 Å². The molecule has 0 aliphatic carbocycles. The third-order valence-electron chi connectivity index (χ3n) is 6.27. The molecule has 0 atom stereocenters. The summed E-state index contributed by atoms with van der Waals surface area (Å²) in [7, 11) is 3.90. The lowest BCUT2D eigenvalue weighted by Crippen LogP contribution is -2.24. The number of aryl methyl sites for hydroxylation is 1. The van der Waals surface area contributed by atoms with E-state index in [0.717, 1.165) is 88.2 Å². The van der Waals surface area contributed by atoms with Crippen LogP contribution >= 0.6 is 15.9 Å². The molecule has 37 heavy (non-hydrogen) atoms. The van der Waals surface area contributed by atoms with Crippen LogP contribution in [-0.2, 0) is 13.5 Å². The van der Waals surface area contributed by atoms with Gasteiger partial charge in [-0.15, -0.1) is 10.2 Å². The fourth-order valence-corrected chi connectivity index (χ4v) is 4.90. The van der Waals surface area contributed by atoms with Gasteiger partial charge in [-0.3, -0.25) is 0 Å². The number of hydrogen-bond donors (Lipinski definition) is 3. The number of tetrazole rings is 1. The van der Waals surface area contributed by atoms with E-state index in [0.29, 0.717) is 12.2 Å². The van der Waals surface area contributed by atoms with Gasteiger partial charge in [0.1, 0.15) is 17.3 Å². The van der Waals surface area contributed by atoms with Crippen molar-refractivity contribution in [1.29, 1.82) is 0 Å². The molecule has 0 fully saturated rings. The van der Waals surface area contributed by atoms with Gasteiger partial charge >= 0.3 is 0 Å². The Morgan fingerprint density at radius 1 is 1.11 bits per heavy atom. The molecule has 0 aliphatic heterocycles. The topological polar surface area (TPSA) is 126 Å². The molecule has 0 amide bonds. The maximum atomic E-state index is 5.65. The monoisotopic (exact) mass is 562 g/mol. The Hall–Kier alpha value is -3.41. The number of nitrogens with one attached hydrogen (secondary N) is 2. The van der Waals surface area contributed by atoms with Gasteiger partial charge < -0.3 is 20.9 Å². The highest BCUT2D eigenvalue weighted by molar-refractivity contribution is 9.10. The van der Waals surface area contributed by atoms with Gasteiger partial charge in [-0.05, 0) is 68.5 Å². The fourth-order valence-electron chi connectivity index (χ4n) is 4.45. The number of nitrogens with two attached hydrogens (primary N) is 1. The summed E-state index contributed by atoms with van der Waals surface area (Å²) < 4.78 is 1.04. The third-order valence-corrected chi connectivity index (χ3v) is 6.76. The number of halogens is 1. The van der Waals surface area contributed by atoms with Crippen molar-refractivity contribution in [1.82, 2.24) is 40.1 Å². The number of anilines is 1. The minimum absolute atomic E-state index is 0.585. The number of H-pyrrole nitrogens is 1. The lowest BCUT2D eigenvalue weighted by Gasteiger charge is -2.16. The second-order valence-electron chi connectivity index (χ2n) is 9.23. The van der Waals surface area contributed by atoms with Gasteiger partial charge in [-0.2, -0.15) is 4.80 Å². The minimum atomic E-state index is 0.585. The Morgan fingerprint density at radius 3 is 2.76 bits per heavy atom. The first-order valence-corrected chi connectivity index (χ1v) is 13.2. The van der Waals surface area contributed by atoms with Crippen LogP contribution in [0.5, 0.6) is 0 Å². The summed E-state index contributed by atoms with van der Waals surface area (Å²) in [5.74, 6) is 2.19. The molecule has 0 spiro atoms. The highest BCUT2D eigenvalue weighted by atomic mass is 79.9. The van der Waals surface area contributed by atoms with Crippen LogP contribution in [0.3, 0.4) is 0 Å². The van der Waals surface area contributed by atoms with Gasteiger partial charge in [0, 0.05) is 33.9 Å². The molecule has 11 heteroatoms. The number of nitrogens with zero attached hydrogens (tertiary/aromatic N) is 7. The van der Waals surface area contributed by atoms with Gasteiger partial charge in [0.05, 0.1) is 12.4 Å². The second kappa shape index (κ2) is 11.3. The smallest absolute Gasteiger partial charge is 0.204 e. The second-order valence-corrected chi connectivity index (χ2v) is 10.1. The molecule has 0 aliphatic rings. The van der Waals surface area contributed by atoms with E-state index in [-0.39, 0.29) is 0 Å². The lowest BCUT2D eigenvalue weighted by atomic mass is 10.1. The zero-order valence-corrected chi connectivity index (χ0v) is 22.7. The van der Waals surface area contributed by atoms with Crippen molar-refractivity contribution < 1.29 is 0 Å². The molecule has 0 radical (unpaired) electrons. The van der Waals surface area contributed by atoms with Crippen LogP contribution in [-0.4, -0.2) is 73.3 Å². The zero-order valence-electron chi connectivity index (χ0n) is 21.1. The molecule has 192 valence electrons. The predicted molar refractivity (Wildman–Crippen MR) is 150 cm³/mol. The van der Waals surface area contributed by atoms with Crippen LogP contribution in [0, 0.1) is 0 Å². The molecule has 4 N–H and O–H groups in total. The highest BCUT2D eigenvalue weighted by Gasteiger charge is 2.16. The molecule has 3 aromatic heterocycles. The lowest BCUT2D eigenvalue weighted by molar-refractivity contribution is 0.330. The first kappa shape index (κ1) is 25.2. The molecule has 0 saturated heterocycles. The van der Waals surface area contributed by atoms with Gasteiger partial charge in [0.2, 0.25) is 5.82 Å². The Balaban J connectivity index is 1.47. The average Bonchev–Trinajstić information content (AvgIpc) is 3.48. The molecule has 5 aromatic rings. The average molecular weight is 564 g/mol. The Kier molecular flexibility index (Phi) is 7.73. The fraction of sp³-hybridized carbons (Fsp3) is 0.346.